The van der Waals surface area contributed by atoms with Gasteiger partial charge in [0.2, 0.25) is 5.76 Å². The molecule has 100 valence electrons. The molecule has 0 aliphatic heterocycles. The molecule has 1 saturated carbocycles. The van der Waals surface area contributed by atoms with Crippen LogP contribution in [0.15, 0.2) is 21.0 Å². The van der Waals surface area contributed by atoms with Gasteiger partial charge in [0.15, 0.2) is 0 Å². The van der Waals surface area contributed by atoms with Gasteiger partial charge in [0.1, 0.15) is 5.58 Å². The zero-order valence-corrected chi connectivity index (χ0v) is 12.5. The van der Waals surface area contributed by atoms with Crippen LogP contribution in [0.2, 0.25) is 0 Å². The normalized spacial score (nSPS) is 15.4. The maximum Gasteiger partial charge on any atom is 0.372 e. The van der Waals surface area contributed by atoms with Gasteiger partial charge in [-0.1, -0.05) is 29.8 Å². The molecular formula is C15H15BrO3. The molecule has 1 N–H and O–H groups in total. The van der Waals surface area contributed by atoms with Gasteiger partial charge in [-0.05, 0) is 42.4 Å². The molecule has 3 rings (SSSR count). The summed E-state index contributed by atoms with van der Waals surface area (Å²) in [7, 11) is 0. The standard InChI is InChI=1S/C15H15BrO3/c1-7(2)10-5-9(16)6-11-12(8-3-4-8)14(15(17)18)19-13(10)11/h5-8H,3-4H2,1-2H3,(H,17,18). The first-order chi connectivity index (χ1) is 8.99. The smallest absolute Gasteiger partial charge is 0.372 e. The van der Waals surface area contributed by atoms with Crippen molar-refractivity contribution in [2.24, 2.45) is 0 Å². The monoisotopic (exact) mass is 322 g/mol. The van der Waals surface area contributed by atoms with Crippen molar-refractivity contribution in [3.8, 4) is 0 Å². The quantitative estimate of drug-likeness (QED) is 0.874. The zero-order chi connectivity index (χ0) is 13.7. The van der Waals surface area contributed by atoms with Crippen molar-refractivity contribution < 1.29 is 14.3 Å². The van der Waals surface area contributed by atoms with Gasteiger partial charge in [-0.2, -0.15) is 0 Å². The third-order valence-corrected chi connectivity index (χ3v) is 4.08. The van der Waals surface area contributed by atoms with Gasteiger partial charge in [0, 0.05) is 15.4 Å². The van der Waals surface area contributed by atoms with Crippen LogP contribution < -0.4 is 0 Å². The molecule has 19 heavy (non-hydrogen) atoms. The lowest BCUT2D eigenvalue weighted by Crippen LogP contribution is -1.97. The van der Waals surface area contributed by atoms with E-state index >= 15 is 0 Å². The van der Waals surface area contributed by atoms with Gasteiger partial charge in [-0.3, -0.25) is 0 Å². The minimum Gasteiger partial charge on any atom is -0.475 e. The average molecular weight is 323 g/mol. The lowest BCUT2D eigenvalue weighted by molar-refractivity contribution is 0.0663. The first-order valence-electron chi connectivity index (χ1n) is 6.48. The van der Waals surface area contributed by atoms with E-state index < -0.39 is 5.97 Å². The molecule has 3 nitrogen and oxygen atoms in total. The minimum atomic E-state index is -0.969. The summed E-state index contributed by atoms with van der Waals surface area (Å²) in [4.78, 5) is 11.4. The number of aromatic carboxylic acids is 1. The van der Waals surface area contributed by atoms with Gasteiger partial charge < -0.3 is 9.52 Å². The molecule has 0 amide bonds. The number of fused-ring (bicyclic) bond motifs is 1. The molecule has 1 aliphatic rings. The Morgan fingerprint density at radius 3 is 2.63 bits per heavy atom. The van der Waals surface area contributed by atoms with E-state index in [-0.39, 0.29) is 5.76 Å². The predicted octanol–water partition coefficient (Wildman–Crippen LogP) is 4.89. The first-order valence-corrected chi connectivity index (χ1v) is 7.27. The van der Waals surface area contributed by atoms with Gasteiger partial charge in [0.05, 0.1) is 0 Å². The average Bonchev–Trinajstić information content (AvgIpc) is 3.08. The molecule has 2 aromatic rings. The highest BCUT2D eigenvalue weighted by Gasteiger charge is 2.34. The number of hydrogen-bond acceptors (Lipinski definition) is 2. The molecule has 4 heteroatoms. The summed E-state index contributed by atoms with van der Waals surface area (Å²) < 4.78 is 6.66. The van der Waals surface area contributed by atoms with Crippen LogP contribution in [0.5, 0.6) is 0 Å². The Morgan fingerprint density at radius 2 is 2.11 bits per heavy atom. The molecule has 0 bridgehead atoms. The summed E-state index contributed by atoms with van der Waals surface area (Å²) in [6.07, 6.45) is 2.11. The second-order valence-corrected chi connectivity index (χ2v) is 6.37. The molecule has 1 aromatic heterocycles. The molecule has 0 spiro atoms. The summed E-state index contributed by atoms with van der Waals surface area (Å²) in [5.74, 6) is -0.206. The summed E-state index contributed by atoms with van der Waals surface area (Å²) in [6.45, 7) is 4.17. The van der Waals surface area contributed by atoms with Crippen LogP contribution in [0.3, 0.4) is 0 Å². The summed E-state index contributed by atoms with van der Waals surface area (Å²) in [6, 6.07) is 3.99. The molecular weight excluding hydrogens is 308 g/mol. The van der Waals surface area contributed by atoms with E-state index in [1.807, 2.05) is 12.1 Å². The van der Waals surface area contributed by atoms with E-state index in [0.717, 1.165) is 39.4 Å². The molecule has 0 radical (unpaired) electrons. The van der Waals surface area contributed by atoms with Crippen molar-refractivity contribution in [2.75, 3.05) is 0 Å². The van der Waals surface area contributed by atoms with Gasteiger partial charge in [-0.15, -0.1) is 0 Å². The number of hydrogen-bond donors (Lipinski definition) is 1. The Kier molecular flexibility index (Phi) is 2.93. The highest BCUT2D eigenvalue weighted by molar-refractivity contribution is 9.10. The van der Waals surface area contributed by atoms with Crippen LogP contribution in [0.4, 0.5) is 0 Å². The Labute approximate surface area is 119 Å². The summed E-state index contributed by atoms with van der Waals surface area (Å²) in [5.41, 5.74) is 2.67. The van der Waals surface area contributed by atoms with E-state index in [2.05, 4.69) is 29.8 Å². The number of rotatable bonds is 3. The van der Waals surface area contributed by atoms with Crippen molar-refractivity contribution in [1.82, 2.24) is 0 Å². The Hall–Kier alpha value is -1.29. The van der Waals surface area contributed by atoms with Crippen molar-refractivity contribution >= 4 is 32.9 Å². The number of benzene rings is 1. The molecule has 0 unspecified atom stereocenters. The topological polar surface area (TPSA) is 50.4 Å². The lowest BCUT2D eigenvalue weighted by Gasteiger charge is -2.07. The summed E-state index contributed by atoms with van der Waals surface area (Å²) >= 11 is 3.51. The highest BCUT2D eigenvalue weighted by Crippen LogP contribution is 2.47. The van der Waals surface area contributed by atoms with Crippen molar-refractivity contribution in [2.45, 2.75) is 38.5 Å². The molecule has 0 saturated heterocycles. The fourth-order valence-electron chi connectivity index (χ4n) is 2.57. The molecule has 0 atom stereocenters. The van der Waals surface area contributed by atoms with Crippen LogP contribution >= 0.6 is 15.9 Å². The zero-order valence-electron chi connectivity index (χ0n) is 10.9. The Bertz CT molecular complexity index is 666. The lowest BCUT2D eigenvalue weighted by atomic mass is 9.98. The van der Waals surface area contributed by atoms with E-state index in [1.54, 1.807) is 0 Å². The van der Waals surface area contributed by atoms with Crippen molar-refractivity contribution in [1.29, 1.82) is 0 Å². The van der Waals surface area contributed by atoms with Crippen molar-refractivity contribution in [3.63, 3.8) is 0 Å². The molecule has 1 aromatic carbocycles. The Morgan fingerprint density at radius 1 is 1.42 bits per heavy atom. The Balaban J connectivity index is 2.37. The summed E-state index contributed by atoms with van der Waals surface area (Å²) in [5, 5.41) is 10.3. The van der Waals surface area contributed by atoms with Crippen LogP contribution in [0.1, 0.15) is 60.2 Å². The third-order valence-electron chi connectivity index (χ3n) is 3.62. The SMILES string of the molecule is CC(C)c1cc(Br)cc2c(C3CC3)c(C(=O)O)oc12. The van der Waals surface area contributed by atoms with Crippen LogP contribution in [-0.2, 0) is 0 Å². The van der Waals surface area contributed by atoms with Gasteiger partial charge in [-0.25, -0.2) is 4.79 Å². The molecule has 1 heterocycles. The van der Waals surface area contributed by atoms with Crippen LogP contribution in [0.25, 0.3) is 11.0 Å². The second-order valence-electron chi connectivity index (χ2n) is 5.45. The largest absolute Gasteiger partial charge is 0.475 e. The second kappa shape index (κ2) is 4.37. The molecule has 1 fully saturated rings. The van der Waals surface area contributed by atoms with Gasteiger partial charge in [0.25, 0.3) is 0 Å². The predicted molar refractivity (Wildman–Crippen MR) is 76.9 cm³/mol. The number of carboxylic acids is 1. The molecule has 1 aliphatic carbocycles. The van der Waals surface area contributed by atoms with Crippen LogP contribution in [-0.4, -0.2) is 11.1 Å². The van der Waals surface area contributed by atoms with Crippen LogP contribution in [0, 0.1) is 0 Å². The van der Waals surface area contributed by atoms with Crippen molar-refractivity contribution in [3.05, 3.63) is 33.5 Å². The fraction of sp³-hybridized carbons (Fsp3) is 0.400. The number of carboxylic acid groups (broad SMARTS) is 1. The number of furan rings is 1. The van der Waals surface area contributed by atoms with E-state index in [1.165, 1.54) is 0 Å². The van der Waals surface area contributed by atoms with E-state index in [9.17, 15) is 9.90 Å². The minimum absolute atomic E-state index is 0.123. The first kappa shape index (κ1) is 12.7. The van der Waals surface area contributed by atoms with E-state index in [0.29, 0.717) is 11.8 Å². The number of carbonyl (C=O) groups is 1. The number of halogens is 1. The van der Waals surface area contributed by atoms with E-state index in [4.69, 9.17) is 4.42 Å². The van der Waals surface area contributed by atoms with Gasteiger partial charge >= 0.3 is 5.97 Å². The maximum absolute atomic E-state index is 11.4. The fourth-order valence-corrected chi connectivity index (χ4v) is 3.05. The third kappa shape index (κ3) is 2.08. The maximum atomic E-state index is 11.4. The highest BCUT2D eigenvalue weighted by atomic mass is 79.9.